The second-order valence-electron chi connectivity index (χ2n) is 4.87. The van der Waals surface area contributed by atoms with Crippen LogP contribution >= 0.6 is 23.5 Å². The first-order valence-corrected chi connectivity index (χ1v) is 8.70. The SMILES string of the molecule is NC1CCCCC1C(=O)NCC1CSCCS1. The lowest BCUT2D eigenvalue weighted by atomic mass is 9.84. The largest absolute Gasteiger partial charge is 0.355 e. The van der Waals surface area contributed by atoms with E-state index in [-0.39, 0.29) is 17.9 Å². The average Bonchev–Trinajstić information content (AvgIpc) is 2.38. The van der Waals surface area contributed by atoms with Crippen LogP contribution in [0.4, 0.5) is 0 Å². The summed E-state index contributed by atoms with van der Waals surface area (Å²) in [6.45, 7) is 0.819. The van der Waals surface area contributed by atoms with E-state index >= 15 is 0 Å². The van der Waals surface area contributed by atoms with E-state index in [4.69, 9.17) is 5.73 Å². The van der Waals surface area contributed by atoms with Gasteiger partial charge in [0.25, 0.3) is 0 Å². The molecule has 2 aliphatic rings. The van der Waals surface area contributed by atoms with Gasteiger partial charge in [0.05, 0.1) is 5.92 Å². The summed E-state index contributed by atoms with van der Waals surface area (Å²) in [6.07, 6.45) is 4.31. The molecule has 3 nitrogen and oxygen atoms in total. The van der Waals surface area contributed by atoms with E-state index in [1.807, 2.05) is 23.5 Å². The molecule has 1 saturated carbocycles. The van der Waals surface area contributed by atoms with Gasteiger partial charge in [-0.3, -0.25) is 4.79 Å². The summed E-state index contributed by atoms with van der Waals surface area (Å²) in [4.78, 5) is 12.0. The predicted molar refractivity (Wildman–Crippen MR) is 76.5 cm³/mol. The summed E-state index contributed by atoms with van der Waals surface area (Å²) in [6, 6.07) is 0.0807. The number of rotatable bonds is 3. The third-order valence-corrected chi connectivity index (χ3v) is 6.39. The van der Waals surface area contributed by atoms with Crippen LogP contribution in [0.3, 0.4) is 0 Å². The zero-order chi connectivity index (χ0) is 12.1. The lowest BCUT2D eigenvalue weighted by molar-refractivity contribution is -0.126. The zero-order valence-electron chi connectivity index (χ0n) is 10.2. The molecular weight excluding hydrogens is 252 g/mol. The number of nitrogens with two attached hydrogens (primary N) is 1. The van der Waals surface area contributed by atoms with Crippen molar-refractivity contribution in [3.05, 3.63) is 0 Å². The first-order chi connectivity index (χ1) is 8.27. The number of thioether (sulfide) groups is 2. The molecule has 3 unspecified atom stereocenters. The van der Waals surface area contributed by atoms with Gasteiger partial charge in [-0.1, -0.05) is 12.8 Å². The minimum absolute atomic E-state index is 0.0602. The standard InChI is InChI=1S/C12H22N2OS2/c13-11-4-2-1-3-10(11)12(15)14-7-9-8-16-5-6-17-9/h9-11H,1-8,13H2,(H,14,15). The Kier molecular flexibility index (Phi) is 5.50. The molecule has 0 aromatic heterocycles. The Balaban J connectivity index is 1.72. The Hall–Kier alpha value is 0.130. The highest BCUT2D eigenvalue weighted by Crippen LogP contribution is 2.25. The second kappa shape index (κ2) is 6.90. The number of hydrogen-bond donors (Lipinski definition) is 2. The van der Waals surface area contributed by atoms with Crippen molar-refractivity contribution in [1.82, 2.24) is 5.32 Å². The molecule has 2 rings (SSSR count). The van der Waals surface area contributed by atoms with E-state index in [0.29, 0.717) is 5.25 Å². The molecular formula is C12H22N2OS2. The van der Waals surface area contributed by atoms with Crippen LogP contribution in [-0.2, 0) is 4.79 Å². The van der Waals surface area contributed by atoms with Gasteiger partial charge in [0.1, 0.15) is 0 Å². The number of hydrogen-bond acceptors (Lipinski definition) is 4. The van der Waals surface area contributed by atoms with Gasteiger partial charge in [-0.15, -0.1) is 0 Å². The molecule has 5 heteroatoms. The van der Waals surface area contributed by atoms with Crippen molar-refractivity contribution in [2.24, 2.45) is 11.7 Å². The fourth-order valence-electron chi connectivity index (χ4n) is 2.49. The molecule has 1 aliphatic heterocycles. The second-order valence-corrected chi connectivity index (χ2v) is 7.43. The minimum Gasteiger partial charge on any atom is -0.355 e. The summed E-state index contributed by atoms with van der Waals surface area (Å²) in [5.74, 6) is 3.89. The molecule has 0 aromatic carbocycles. The Morgan fingerprint density at radius 3 is 2.82 bits per heavy atom. The molecule has 17 heavy (non-hydrogen) atoms. The van der Waals surface area contributed by atoms with Crippen LogP contribution in [0.25, 0.3) is 0 Å². The molecule has 3 atom stereocenters. The maximum Gasteiger partial charge on any atom is 0.224 e. The first kappa shape index (κ1) is 13.6. The highest BCUT2D eigenvalue weighted by Gasteiger charge is 2.28. The molecule has 1 heterocycles. The van der Waals surface area contributed by atoms with Gasteiger partial charge in [0.15, 0.2) is 0 Å². The summed E-state index contributed by atoms with van der Waals surface area (Å²) < 4.78 is 0. The fourth-order valence-corrected chi connectivity index (χ4v) is 5.10. The molecule has 0 aromatic rings. The van der Waals surface area contributed by atoms with E-state index in [1.54, 1.807) is 0 Å². The normalized spacial score (nSPS) is 34.3. The van der Waals surface area contributed by atoms with Crippen molar-refractivity contribution in [3.63, 3.8) is 0 Å². The fraction of sp³-hybridized carbons (Fsp3) is 0.917. The van der Waals surface area contributed by atoms with Crippen LogP contribution in [0.15, 0.2) is 0 Å². The lowest BCUT2D eigenvalue weighted by Crippen LogP contribution is -2.45. The van der Waals surface area contributed by atoms with Gasteiger partial charge in [-0.2, -0.15) is 23.5 Å². The molecule has 1 aliphatic carbocycles. The van der Waals surface area contributed by atoms with Crippen LogP contribution in [-0.4, -0.2) is 41.0 Å². The highest BCUT2D eigenvalue weighted by molar-refractivity contribution is 8.06. The predicted octanol–water partition coefficient (Wildman–Crippen LogP) is 1.47. The Labute approximate surface area is 112 Å². The van der Waals surface area contributed by atoms with Crippen molar-refractivity contribution >= 4 is 29.4 Å². The average molecular weight is 274 g/mol. The minimum atomic E-state index is 0.0602. The van der Waals surface area contributed by atoms with Crippen molar-refractivity contribution < 1.29 is 4.79 Å². The first-order valence-electron chi connectivity index (χ1n) is 6.50. The van der Waals surface area contributed by atoms with Gasteiger partial charge in [0.2, 0.25) is 5.91 Å². The van der Waals surface area contributed by atoms with Crippen molar-refractivity contribution in [1.29, 1.82) is 0 Å². The molecule has 0 spiro atoms. The number of carbonyl (C=O) groups excluding carboxylic acids is 1. The van der Waals surface area contributed by atoms with E-state index in [0.717, 1.165) is 25.8 Å². The van der Waals surface area contributed by atoms with Gasteiger partial charge < -0.3 is 11.1 Å². The monoisotopic (exact) mass is 274 g/mol. The molecule has 1 amide bonds. The molecule has 2 fully saturated rings. The van der Waals surface area contributed by atoms with E-state index < -0.39 is 0 Å². The molecule has 0 radical (unpaired) electrons. The van der Waals surface area contributed by atoms with Gasteiger partial charge in [-0.05, 0) is 12.8 Å². The Bertz CT molecular complexity index is 257. The van der Waals surface area contributed by atoms with Crippen molar-refractivity contribution in [2.75, 3.05) is 23.8 Å². The Morgan fingerprint density at radius 1 is 1.29 bits per heavy atom. The van der Waals surface area contributed by atoms with E-state index in [1.165, 1.54) is 23.7 Å². The van der Waals surface area contributed by atoms with Crippen LogP contribution < -0.4 is 11.1 Å². The van der Waals surface area contributed by atoms with Crippen molar-refractivity contribution in [2.45, 2.75) is 37.0 Å². The maximum absolute atomic E-state index is 12.0. The molecule has 1 saturated heterocycles. The van der Waals surface area contributed by atoms with Gasteiger partial charge in [0, 0.05) is 35.1 Å². The number of carbonyl (C=O) groups is 1. The third kappa shape index (κ3) is 4.07. The van der Waals surface area contributed by atoms with Crippen LogP contribution in [0.5, 0.6) is 0 Å². The Morgan fingerprint density at radius 2 is 2.12 bits per heavy atom. The lowest BCUT2D eigenvalue weighted by Gasteiger charge is -2.28. The van der Waals surface area contributed by atoms with Crippen molar-refractivity contribution in [3.8, 4) is 0 Å². The molecule has 0 bridgehead atoms. The number of amides is 1. The summed E-state index contributed by atoms with van der Waals surface area (Å²) in [5.41, 5.74) is 6.02. The van der Waals surface area contributed by atoms with Crippen LogP contribution in [0.1, 0.15) is 25.7 Å². The van der Waals surface area contributed by atoms with Crippen LogP contribution in [0.2, 0.25) is 0 Å². The number of nitrogens with one attached hydrogen (secondary N) is 1. The molecule has 98 valence electrons. The summed E-state index contributed by atoms with van der Waals surface area (Å²) in [7, 11) is 0. The quantitative estimate of drug-likeness (QED) is 0.818. The van der Waals surface area contributed by atoms with E-state index in [9.17, 15) is 4.79 Å². The topological polar surface area (TPSA) is 55.1 Å². The van der Waals surface area contributed by atoms with Gasteiger partial charge >= 0.3 is 0 Å². The summed E-state index contributed by atoms with van der Waals surface area (Å²) >= 11 is 3.98. The zero-order valence-corrected chi connectivity index (χ0v) is 11.8. The third-order valence-electron chi connectivity index (χ3n) is 3.55. The highest BCUT2D eigenvalue weighted by atomic mass is 32.2. The van der Waals surface area contributed by atoms with E-state index in [2.05, 4.69) is 5.32 Å². The van der Waals surface area contributed by atoms with Gasteiger partial charge in [-0.25, -0.2) is 0 Å². The maximum atomic E-state index is 12.0. The van der Waals surface area contributed by atoms with Crippen LogP contribution in [0, 0.1) is 5.92 Å². The molecule has 3 N–H and O–H groups in total. The summed E-state index contributed by atoms with van der Waals surface area (Å²) in [5, 5.41) is 3.69. The smallest absolute Gasteiger partial charge is 0.224 e.